The Kier molecular flexibility index (Phi) is 4.06. The van der Waals surface area contributed by atoms with Crippen LogP contribution in [-0.4, -0.2) is 39.8 Å². The number of thiazole rings is 1. The fourth-order valence-corrected chi connectivity index (χ4v) is 4.92. The van der Waals surface area contributed by atoms with E-state index >= 15 is 0 Å². The monoisotopic (exact) mass is 374 g/mol. The van der Waals surface area contributed by atoms with E-state index in [1.54, 1.807) is 37.4 Å². The molecule has 2 aromatic rings. The molecule has 2 amide bonds. The molecule has 2 N–H and O–H groups in total. The normalized spacial score (nSPS) is 28.2. The van der Waals surface area contributed by atoms with Crippen LogP contribution in [0.3, 0.4) is 0 Å². The molecule has 4 atom stereocenters. The van der Waals surface area contributed by atoms with Crippen LogP contribution in [0.2, 0.25) is 0 Å². The number of nitrogens with zero attached hydrogens (tertiary/aromatic N) is 2. The fourth-order valence-electron chi connectivity index (χ4n) is 4.00. The van der Waals surface area contributed by atoms with E-state index in [1.165, 1.54) is 4.57 Å². The summed E-state index contributed by atoms with van der Waals surface area (Å²) in [4.78, 5) is 38.9. The largest absolute Gasteiger partial charge is 0.396 e. The van der Waals surface area contributed by atoms with Crippen LogP contribution in [0.15, 0.2) is 35.1 Å². The van der Waals surface area contributed by atoms with Crippen LogP contribution in [0.25, 0.3) is 10.2 Å². The Hall–Kier alpha value is -2.29. The number of amides is 2. The second-order valence-electron chi connectivity index (χ2n) is 6.72. The summed E-state index contributed by atoms with van der Waals surface area (Å²) >= 11 is 1.06. The van der Waals surface area contributed by atoms with Gasteiger partial charge in [-0.15, -0.1) is 0 Å². The number of imide groups is 1. The van der Waals surface area contributed by atoms with Gasteiger partial charge in [-0.25, -0.2) is 4.90 Å². The van der Waals surface area contributed by atoms with Crippen LogP contribution >= 0.6 is 11.3 Å². The number of aryl methyl sites for hydroxylation is 1. The minimum Gasteiger partial charge on any atom is -0.396 e. The van der Waals surface area contributed by atoms with Crippen LogP contribution in [0, 0.1) is 23.7 Å². The van der Waals surface area contributed by atoms with Crippen molar-refractivity contribution >= 4 is 39.1 Å². The number of rotatable bonds is 3. The van der Waals surface area contributed by atoms with Gasteiger partial charge in [0.25, 0.3) is 0 Å². The lowest BCUT2D eigenvalue weighted by molar-refractivity contribution is -0.123. The quantitative estimate of drug-likeness (QED) is 0.602. The van der Waals surface area contributed by atoms with Gasteiger partial charge in [0, 0.05) is 18.9 Å². The average molecular weight is 374 g/mol. The van der Waals surface area contributed by atoms with E-state index in [0.717, 1.165) is 21.8 Å². The Morgan fingerprint density at radius 2 is 1.58 bits per heavy atom. The minimum absolute atomic E-state index is 0.116. The zero-order valence-corrected chi connectivity index (χ0v) is 14.8. The third-order valence-corrected chi connectivity index (χ3v) is 6.38. The Balaban J connectivity index is 1.79. The van der Waals surface area contributed by atoms with Crippen LogP contribution in [0.5, 0.6) is 0 Å². The minimum atomic E-state index is -0.681. The fraction of sp³-hybridized carbons (Fsp3) is 0.389. The molecule has 0 bridgehead atoms. The predicted octanol–water partition coefficient (Wildman–Crippen LogP) is 0.492. The summed E-state index contributed by atoms with van der Waals surface area (Å²) in [5, 5.41) is 19.2. The third-order valence-electron chi connectivity index (χ3n) is 5.38. The van der Waals surface area contributed by atoms with Crippen molar-refractivity contribution in [1.29, 1.82) is 0 Å². The molecule has 2 aliphatic rings. The van der Waals surface area contributed by atoms with Crippen molar-refractivity contribution in [3.63, 3.8) is 0 Å². The SMILES string of the molecule is Cn1c(=O)sc2cc(N3C(=O)C4C(CO)C=CC(CO)C4C3=O)ccc21. The molecule has 4 rings (SSSR count). The summed E-state index contributed by atoms with van der Waals surface area (Å²) in [5.41, 5.74) is 1.15. The Morgan fingerprint density at radius 1 is 1.00 bits per heavy atom. The van der Waals surface area contributed by atoms with E-state index in [-0.39, 0.29) is 29.9 Å². The molecule has 7 nitrogen and oxygen atoms in total. The van der Waals surface area contributed by atoms with E-state index in [4.69, 9.17) is 0 Å². The summed E-state index contributed by atoms with van der Waals surface area (Å²) in [7, 11) is 1.67. The van der Waals surface area contributed by atoms with Gasteiger partial charge in [0.1, 0.15) is 0 Å². The molecule has 1 fully saturated rings. The van der Waals surface area contributed by atoms with Gasteiger partial charge in [-0.1, -0.05) is 23.5 Å². The topological polar surface area (TPSA) is 99.8 Å². The molecular formula is C18H18N2O5S. The molecule has 1 aliphatic heterocycles. The number of aliphatic hydroxyl groups is 2. The zero-order chi connectivity index (χ0) is 18.6. The number of hydrogen-bond donors (Lipinski definition) is 2. The lowest BCUT2D eigenvalue weighted by atomic mass is 9.72. The van der Waals surface area contributed by atoms with Gasteiger partial charge in [-0.05, 0) is 18.2 Å². The zero-order valence-electron chi connectivity index (χ0n) is 14.0. The molecule has 4 unspecified atom stereocenters. The standard InChI is InChI=1S/C18H18N2O5S/c1-19-12-5-4-11(6-13(12)26-18(19)25)20-16(23)14-9(7-21)2-3-10(8-22)15(14)17(20)24/h2-6,9-10,14-15,21-22H,7-8H2,1H3. The molecule has 8 heteroatoms. The van der Waals surface area contributed by atoms with E-state index in [2.05, 4.69) is 0 Å². The number of carbonyl (C=O) groups is 2. The van der Waals surface area contributed by atoms with Gasteiger partial charge in [-0.3, -0.25) is 14.4 Å². The van der Waals surface area contributed by atoms with Crippen LogP contribution in [0.4, 0.5) is 5.69 Å². The van der Waals surface area contributed by atoms with E-state index < -0.39 is 23.7 Å². The third kappa shape index (κ3) is 2.29. The highest BCUT2D eigenvalue weighted by atomic mass is 32.1. The van der Waals surface area contributed by atoms with Crippen molar-refractivity contribution in [2.75, 3.05) is 18.1 Å². The highest BCUT2D eigenvalue weighted by Crippen LogP contribution is 2.43. The molecule has 0 spiro atoms. The van der Waals surface area contributed by atoms with E-state index in [0.29, 0.717) is 10.4 Å². The molecule has 1 saturated heterocycles. The van der Waals surface area contributed by atoms with Gasteiger partial charge in [0.2, 0.25) is 11.8 Å². The van der Waals surface area contributed by atoms with Gasteiger partial charge < -0.3 is 14.8 Å². The molecule has 136 valence electrons. The molecule has 1 aromatic carbocycles. The number of aromatic nitrogens is 1. The second-order valence-corrected chi connectivity index (χ2v) is 7.71. The summed E-state index contributed by atoms with van der Waals surface area (Å²) in [5.74, 6) is -2.99. The average Bonchev–Trinajstić information content (AvgIpc) is 3.08. The first-order chi connectivity index (χ1) is 12.5. The lowest BCUT2D eigenvalue weighted by Gasteiger charge is -2.29. The lowest BCUT2D eigenvalue weighted by Crippen LogP contribution is -2.36. The predicted molar refractivity (Wildman–Crippen MR) is 96.8 cm³/mol. The molecule has 1 aromatic heterocycles. The van der Waals surface area contributed by atoms with Gasteiger partial charge in [0.15, 0.2) is 0 Å². The molecule has 0 radical (unpaired) electrons. The summed E-state index contributed by atoms with van der Waals surface area (Å²) in [6, 6.07) is 5.04. The maximum Gasteiger partial charge on any atom is 0.307 e. The van der Waals surface area contributed by atoms with E-state index in [1.807, 2.05) is 0 Å². The van der Waals surface area contributed by atoms with Crippen molar-refractivity contribution in [2.45, 2.75) is 0 Å². The smallest absolute Gasteiger partial charge is 0.307 e. The Bertz CT molecular complexity index is 959. The van der Waals surface area contributed by atoms with Gasteiger partial charge in [0.05, 0.1) is 41.0 Å². The van der Waals surface area contributed by atoms with Crippen molar-refractivity contribution in [3.8, 4) is 0 Å². The van der Waals surface area contributed by atoms with Gasteiger partial charge in [-0.2, -0.15) is 0 Å². The summed E-state index contributed by atoms with van der Waals surface area (Å²) in [6.07, 6.45) is 3.42. The molecule has 2 heterocycles. The highest BCUT2D eigenvalue weighted by molar-refractivity contribution is 7.16. The summed E-state index contributed by atoms with van der Waals surface area (Å²) in [6.45, 7) is -0.468. The number of anilines is 1. The maximum absolute atomic E-state index is 13.0. The van der Waals surface area contributed by atoms with Crippen LogP contribution < -0.4 is 9.77 Å². The van der Waals surface area contributed by atoms with Crippen LogP contribution in [-0.2, 0) is 16.6 Å². The number of hydrogen-bond acceptors (Lipinski definition) is 6. The van der Waals surface area contributed by atoms with E-state index in [9.17, 15) is 24.6 Å². The molecule has 1 aliphatic carbocycles. The molecule has 26 heavy (non-hydrogen) atoms. The van der Waals surface area contributed by atoms with Crippen molar-refractivity contribution < 1.29 is 19.8 Å². The molecular weight excluding hydrogens is 356 g/mol. The Morgan fingerprint density at radius 3 is 2.12 bits per heavy atom. The molecule has 0 saturated carbocycles. The number of benzene rings is 1. The van der Waals surface area contributed by atoms with Crippen LogP contribution in [0.1, 0.15) is 0 Å². The van der Waals surface area contributed by atoms with Crippen molar-refractivity contribution in [1.82, 2.24) is 4.57 Å². The number of fused-ring (bicyclic) bond motifs is 2. The number of carbonyl (C=O) groups excluding carboxylic acids is 2. The Labute approximate surface area is 152 Å². The van der Waals surface area contributed by atoms with Gasteiger partial charge >= 0.3 is 4.87 Å². The number of aliphatic hydroxyl groups excluding tert-OH is 2. The highest BCUT2D eigenvalue weighted by Gasteiger charge is 2.54. The summed E-state index contributed by atoms with van der Waals surface area (Å²) < 4.78 is 2.21. The van der Waals surface area contributed by atoms with Crippen molar-refractivity contribution in [2.24, 2.45) is 30.7 Å². The van der Waals surface area contributed by atoms with Crippen molar-refractivity contribution in [3.05, 3.63) is 40.0 Å². The second kappa shape index (κ2) is 6.15. The first-order valence-corrected chi connectivity index (χ1v) is 9.17. The first-order valence-electron chi connectivity index (χ1n) is 8.35. The maximum atomic E-state index is 13.0. The first kappa shape index (κ1) is 17.1.